The summed E-state index contributed by atoms with van der Waals surface area (Å²) < 4.78 is 33.2. The molecule has 1 amide bonds. The van der Waals surface area contributed by atoms with Gasteiger partial charge in [0.25, 0.3) is 5.91 Å². The smallest absolute Gasteiger partial charge is 0.343 e. The number of hydrazone groups is 1. The topological polar surface area (TPSA) is 130 Å². The molecule has 6 rings (SSSR count). The second kappa shape index (κ2) is 12.7. The van der Waals surface area contributed by atoms with Crippen LogP contribution in [0.25, 0.3) is 22.0 Å². The quantitative estimate of drug-likeness (QED) is 0.0861. The van der Waals surface area contributed by atoms with E-state index in [2.05, 4.69) is 15.5 Å². The zero-order chi connectivity index (χ0) is 31.3. The fourth-order valence-corrected chi connectivity index (χ4v) is 5.01. The number of H-pyrrole nitrogens is 1. The zero-order valence-corrected chi connectivity index (χ0v) is 24.7. The van der Waals surface area contributed by atoms with Gasteiger partial charge >= 0.3 is 5.97 Å². The maximum absolute atomic E-state index is 13.5. The first kappa shape index (κ1) is 29.1. The van der Waals surface area contributed by atoms with Gasteiger partial charge in [-0.05, 0) is 66.6 Å². The number of esters is 1. The number of nitrogens with zero attached hydrogens (tertiary/aromatic N) is 1. The molecule has 228 valence electrons. The van der Waals surface area contributed by atoms with Crippen LogP contribution in [0.1, 0.15) is 33.3 Å². The predicted octanol–water partition coefficient (Wildman–Crippen LogP) is 5.96. The van der Waals surface area contributed by atoms with Crippen LogP contribution >= 0.6 is 0 Å². The molecule has 0 bridgehead atoms. The number of aromatic nitrogens is 1. The highest BCUT2D eigenvalue weighted by atomic mass is 16.7. The van der Waals surface area contributed by atoms with Crippen molar-refractivity contribution in [2.75, 3.05) is 27.6 Å². The maximum Gasteiger partial charge on any atom is 0.343 e. The number of amides is 1. The van der Waals surface area contributed by atoms with Crippen LogP contribution in [0, 0.1) is 0 Å². The molecule has 0 aliphatic carbocycles. The summed E-state index contributed by atoms with van der Waals surface area (Å²) in [6.45, 7) is 2.26. The Morgan fingerprint density at radius 2 is 1.64 bits per heavy atom. The number of hydrogen-bond donors (Lipinski definition) is 2. The van der Waals surface area contributed by atoms with Gasteiger partial charge in [-0.1, -0.05) is 30.3 Å². The Kier molecular flexibility index (Phi) is 8.23. The Morgan fingerprint density at radius 1 is 0.889 bits per heavy atom. The van der Waals surface area contributed by atoms with E-state index in [1.165, 1.54) is 6.21 Å². The highest BCUT2D eigenvalue weighted by Gasteiger charge is 2.24. The van der Waals surface area contributed by atoms with E-state index in [4.69, 9.17) is 28.4 Å². The first-order chi connectivity index (χ1) is 22.0. The summed E-state index contributed by atoms with van der Waals surface area (Å²) in [7, 11) is 3.14. The fourth-order valence-electron chi connectivity index (χ4n) is 5.01. The number of carbonyl (C=O) groups is 2. The van der Waals surface area contributed by atoms with Gasteiger partial charge in [-0.15, -0.1) is 0 Å². The summed E-state index contributed by atoms with van der Waals surface area (Å²) in [6.07, 6.45) is 1.47. The van der Waals surface area contributed by atoms with Gasteiger partial charge in [-0.3, -0.25) is 4.79 Å². The first-order valence-electron chi connectivity index (χ1n) is 14.0. The summed E-state index contributed by atoms with van der Waals surface area (Å²) in [6, 6.07) is 22.9. The van der Waals surface area contributed by atoms with Crippen LogP contribution in [0.3, 0.4) is 0 Å². The normalized spacial score (nSPS) is 11.9. The van der Waals surface area contributed by atoms with E-state index < -0.39 is 11.9 Å². The minimum absolute atomic E-state index is 0.102. The molecule has 2 heterocycles. The molecule has 1 aliphatic rings. The van der Waals surface area contributed by atoms with Gasteiger partial charge in [0.15, 0.2) is 23.0 Å². The summed E-state index contributed by atoms with van der Waals surface area (Å²) in [5.41, 5.74) is 5.89. The third-order valence-electron chi connectivity index (χ3n) is 7.07. The van der Waals surface area contributed by atoms with E-state index in [1.54, 1.807) is 62.8 Å². The number of fused-ring (bicyclic) bond motifs is 2. The van der Waals surface area contributed by atoms with E-state index in [9.17, 15) is 9.59 Å². The molecule has 5 aromatic rings. The van der Waals surface area contributed by atoms with Crippen LogP contribution in [-0.4, -0.2) is 50.7 Å². The van der Waals surface area contributed by atoms with Gasteiger partial charge in [0.05, 0.1) is 43.5 Å². The molecule has 0 unspecified atom stereocenters. The van der Waals surface area contributed by atoms with Crippen LogP contribution in [0.5, 0.6) is 34.5 Å². The van der Waals surface area contributed by atoms with E-state index in [1.807, 2.05) is 37.3 Å². The summed E-state index contributed by atoms with van der Waals surface area (Å²) in [4.78, 5) is 29.6. The van der Waals surface area contributed by atoms with Crippen molar-refractivity contribution in [3.63, 3.8) is 0 Å². The van der Waals surface area contributed by atoms with Gasteiger partial charge in [0.2, 0.25) is 6.79 Å². The van der Waals surface area contributed by atoms with Crippen LogP contribution in [0.15, 0.2) is 84.0 Å². The SMILES string of the molecule is CCOc1cc(C=NNC(=O)c2[nH]c3c(OC)ccc(OC)c3c2-c2ccccc2)ccc1OC(=O)c1ccc2c(c1)OCO2. The van der Waals surface area contributed by atoms with Gasteiger partial charge in [-0.25, -0.2) is 10.2 Å². The van der Waals surface area contributed by atoms with Crippen molar-refractivity contribution in [1.29, 1.82) is 0 Å². The van der Waals surface area contributed by atoms with Crippen LogP contribution in [0.4, 0.5) is 0 Å². The molecule has 45 heavy (non-hydrogen) atoms. The molecule has 1 aliphatic heterocycles. The number of carbonyl (C=O) groups excluding carboxylic acids is 2. The third-order valence-corrected chi connectivity index (χ3v) is 7.07. The van der Waals surface area contributed by atoms with Crippen LogP contribution < -0.4 is 33.8 Å². The minimum atomic E-state index is -0.580. The molecule has 0 saturated carbocycles. The van der Waals surface area contributed by atoms with Crippen molar-refractivity contribution in [3.05, 3.63) is 95.7 Å². The van der Waals surface area contributed by atoms with E-state index in [-0.39, 0.29) is 18.2 Å². The minimum Gasteiger partial charge on any atom is -0.496 e. The number of ether oxygens (including phenoxy) is 6. The van der Waals surface area contributed by atoms with E-state index in [0.29, 0.717) is 62.9 Å². The average molecular weight is 608 g/mol. The molecule has 0 saturated heterocycles. The summed E-state index contributed by atoms with van der Waals surface area (Å²) in [5.74, 6) is 1.72. The van der Waals surface area contributed by atoms with Gasteiger partial charge in [0.1, 0.15) is 17.2 Å². The van der Waals surface area contributed by atoms with Crippen LogP contribution in [-0.2, 0) is 0 Å². The first-order valence-corrected chi connectivity index (χ1v) is 14.0. The second-order valence-corrected chi connectivity index (χ2v) is 9.76. The fraction of sp³-hybridized carbons (Fsp3) is 0.147. The Hall–Kier alpha value is -5.97. The molecule has 0 atom stereocenters. The van der Waals surface area contributed by atoms with E-state index in [0.717, 1.165) is 5.56 Å². The zero-order valence-electron chi connectivity index (χ0n) is 24.7. The predicted molar refractivity (Wildman–Crippen MR) is 167 cm³/mol. The number of methoxy groups -OCH3 is 2. The Labute approximate surface area is 258 Å². The standard InChI is InChI=1S/C34H29N3O8/c1-4-42-27-16-20(10-12-24(27)45-34(39)22-11-13-23-28(17-22)44-19-43-23)18-35-37-33(38)32-29(21-8-6-5-7-9-21)30-25(40-2)14-15-26(41-3)31(30)36-32/h5-18,36H,4,19H2,1-3H3,(H,37,38). The molecular weight excluding hydrogens is 578 g/mol. The number of nitrogens with one attached hydrogen (secondary N) is 2. The lowest BCUT2D eigenvalue weighted by atomic mass is 10.0. The largest absolute Gasteiger partial charge is 0.496 e. The van der Waals surface area contributed by atoms with Gasteiger partial charge < -0.3 is 33.4 Å². The molecule has 11 heteroatoms. The molecule has 0 fully saturated rings. The average Bonchev–Trinajstić information content (AvgIpc) is 3.71. The molecule has 11 nitrogen and oxygen atoms in total. The molecule has 0 radical (unpaired) electrons. The number of hydrogen-bond acceptors (Lipinski definition) is 9. The van der Waals surface area contributed by atoms with Gasteiger partial charge in [-0.2, -0.15) is 5.10 Å². The lowest BCUT2D eigenvalue weighted by Crippen LogP contribution is -2.19. The third kappa shape index (κ3) is 5.83. The highest BCUT2D eigenvalue weighted by Crippen LogP contribution is 2.42. The van der Waals surface area contributed by atoms with Crippen molar-refractivity contribution >= 4 is 29.0 Å². The lowest BCUT2D eigenvalue weighted by Gasteiger charge is -2.11. The van der Waals surface area contributed by atoms with Crippen molar-refractivity contribution in [2.24, 2.45) is 5.10 Å². The van der Waals surface area contributed by atoms with Crippen molar-refractivity contribution < 1.29 is 38.0 Å². The van der Waals surface area contributed by atoms with Crippen molar-refractivity contribution in [3.8, 4) is 45.6 Å². The monoisotopic (exact) mass is 607 g/mol. The molecule has 2 N–H and O–H groups in total. The Bertz CT molecular complexity index is 1920. The second-order valence-electron chi connectivity index (χ2n) is 9.76. The number of benzene rings is 4. The van der Waals surface area contributed by atoms with Crippen LogP contribution in [0.2, 0.25) is 0 Å². The van der Waals surface area contributed by atoms with Crippen molar-refractivity contribution in [2.45, 2.75) is 6.92 Å². The Balaban J connectivity index is 1.24. The molecule has 1 aromatic heterocycles. The number of rotatable bonds is 10. The number of aromatic amines is 1. The Morgan fingerprint density at radius 3 is 2.42 bits per heavy atom. The molecule has 0 spiro atoms. The highest BCUT2D eigenvalue weighted by molar-refractivity contribution is 6.13. The molecular formula is C34H29N3O8. The maximum atomic E-state index is 13.5. The summed E-state index contributed by atoms with van der Waals surface area (Å²) >= 11 is 0. The van der Waals surface area contributed by atoms with Crippen molar-refractivity contribution in [1.82, 2.24) is 10.4 Å². The van der Waals surface area contributed by atoms with E-state index >= 15 is 0 Å². The van der Waals surface area contributed by atoms with Gasteiger partial charge in [0, 0.05) is 5.56 Å². The lowest BCUT2D eigenvalue weighted by molar-refractivity contribution is 0.0727. The summed E-state index contributed by atoms with van der Waals surface area (Å²) in [5, 5.41) is 4.90. The molecule has 4 aromatic carbocycles.